The highest BCUT2D eigenvalue weighted by Crippen LogP contribution is 2.13. The molecule has 3 rings (SSSR count). The highest BCUT2D eigenvalue weighted by molar-refractivity contribution is 7.10. The molecule has 5 nitrogen and oxygen atoms in total. The van der Waals surface area contributed by atoms with Crippen LogP contribution in [0.15, 0.2) is 66.0 Å². The van der Waals surface area contributed by atoms with Gasteiger partial charge in [-0.1, -0.05) is 36.1 Å². The van der Waals surface area contributed by atoms with Gasteiger partial charge in [-0.15, -0.1) is 11.3 Å². The van der Waals surface area contributed by atoms with E-state index in [1.807, 2.05) is 67.8 Å². The zero-order chi connectivity index (χ0) is 21.3. The molecule has 0 saturated carbocycles. The summed E-state index contributed by atoms with van der Waals surface area (Å²) in [5.41, 5.74) is 2.98. The Morgan fingerprint density at radius 1 is 1.00 bits per heavy atom. The second kappa shape index (κ2) is 10.3. The Balaban J connectivity index is 1.58. The van der Waals surface area contributed by atoms with Gasteiger partial charge in [0.2, 0.25) is 0 Å². The second-order valence-corrected chi connectivity index (χ2v) is 7.89. The van der Waals surface area contributed by atoms with E-state index in [-0.39, 0.29) is 18.0 Å². The van der Waals surface area contributed by atoms with Crippen LogP contribution in [0.3, 0.4) is 0 Å². The molecule has 0 spiro atoms. The minimum absolute atomic E-state index is 0.0799. The first-order valence-corrected chi connectivity index (χ1v) is 10.5. The first-order valence-electron chi connectivity index (χ1n) is 9.60. The maximum atomic E-state index is 12.5. The standard InChI is InChI=1S/C24H23N3O2S/c1-17(2)26-24(29)25-16-19-8-11-20(12-9-19)23(28)27-21-6-3-5-18(15-21)10-13-22-7-4-14-30-22/h3-9,11-12,14-15,17H,16H2,1-2H3,(H,27,28)(H2,25,26,29). The van der Waals surface area contributed by atoms with Gasteiger partial charge in [0.15, 0.2) is 0 Å². The van der Waals surface area contributed by atoms with Crippen molar-refractivity contribution in [2.45, 2.75) is 26.4 Å². The van der Waals surface area contributed by atoms with Crippen LogP contribution in [-0.4, -0.2) is 18.0 Å². The quantitative estimate of drug-likeness (QED) is 0.531. The Morgan fingerprint density at radius 3 is 2.50 bits per heavy atom. The minimum Gasteiger partial charge on any atom is -0.336 e. The number of amides is 3. The molecule has 152 valence electrons. The predicted molar refractivity (Wildman–Crippen MR) is 122 cm³/mol. The Kier molecular flexibility index (Phi) is 7.25. The zero-order valence-corrected chi connectivity index (χ0v) is 17.7. The summed E-state index contributed by atoms with van der Waals surface area (Å²) in [6.45, 7) is 4.20. The van der Waals surface area contributed by atoms with Crippen molar-refractivity contribution in [2.24, 2.45) is 0 Å². The number of nitrogens with one attached hydrogen (secondary N) is 3. The van der Waals surface area contributed by atoms with Gasteiger partial charge in [-0.25, -0.2) is 4.79 Å². The van der Waals surface area contributed by atoms with Crippen molar-refractivity contribution in [3.8, 4) is 11.8 Å². The van der Waals surface area contributed by atoms with Gasteiger partial charge in [-0.05, 0) is 61.2 Å². The second-order valence-electron chi connectivity index (χ2n) is 6.94. The molecule has 1 aromatic heterocycles. The molecule has 0 bridgehead atoms. The maximum absolute atomic E-state index is 12.5. The lowest BCUT2D eigenvalue weighted by Gasteiger charge is -2.10. The van der Waals surface area contributed by atoms with E-state index in [4.69, 9.17) is 0 Å². The Labute approximate surface area is 180 Å². The summed E-state index contributed by atoms with van der Waals surface area (Å²) in [4.78, 5) is 25.2. The molecule has 0 unspecified atom stereocenters. The van der Waals surface area contributed by atoms with Crippen molar-refractivity contribution in [1.29, 1.82) is 0 Å². The molecule has 3 N–H and O–H groups in total. The number of carbonyl (C=O) groups is 2. The number of hydrogen-bond donors (Lipinski definition) is 3. The van der Waals surface area contributed by atoms with E-state index in [9.17, 15) is 9.59 Å². The van der Waals surface area contributed by atoms with Crippen molar-refractivity contribution in [3.05, 3.63) is 87.6 Å². The summed E-state index contributed by atoms with van der Waals surface area (Å²) in [7, 11) is 0. The molecule has 1 heterocycles. The Morgan fingerprint density at radius 2 is 1.80 bits per heavy atom. The van der Waals surface area contributed by atoms with Gasteiger partial charge in [0.25, 0.3) is 5.91 Å². The number of benzene rings is 2. The Hall–Kier alpha value is -3.56. The van der Waals surface area contributed by atoms with E-state index in [2.05, 4.69) is 27.8 Å². The molecule has 0 saturated heterocycles. The fourth-order valence-corrected chi connectivity index (χ4v) is 3.20. The number of rotatable bonds is 5. The van der Waals surface area contributed by atoms with Crippen LogP contribution in [0.1, 0.15) is 40.2 Å². The number of thiophene rings is 1. The smallest absolute Gasteiger partial charge is 0.315 e. The first kappa shape index (κ1) is 21.2. The summed E-state index contributed by atoms with van der Waals surface area (Å²) in [5, 5.41) is 10.4. The predicted octanol–water partition coefficient (Wildman–Crippen LogP) is 4.61. The van der Waals surface area contributed by atoms with Gasteiger partial charge in [-0.2, -0.15) is 0 Å². The topological polar surface area (TPSA) is 70.2 Å². The largest absolute Gasteiger partial charge is 0.336 e. The number of hydrogen-bond acceptors (Lipinski definition) is 3. The lowest BCUT2D eigenvalue weighted by atomic mass is 10.1. The molecule has 0 radical (unpaired) electrons. The minimum atomic E-state index is -0.214. The van der Waals surface area contributed by atoms with Crippen LogP contribution in [0.5, 0.6) is 0 Å². The summed E-state index contributed by atoms with van der Waals surface area (Å²) < 4.78 is 0. The molecular weight excluding hydrogens is 394 g/mol. The van der Waals surface area contributed by atoms with Gasteiger partial charge in [0.1, 0.15) is 0 Å². The van der Waals surface area contributed by atoms with Crippen LogP contribution in [-0.2, 0) is 6.54 Å². The lowest BCUT2D eigenvalue weighted by Crippen LogP contribution is -2.39. The molecule has 30 heavy (non-hydrogen) atoms. The fourth-order valence-electron chi connectivity index (χ4n) is 2.63. The third-order valence-corrected chi connectivity index (χ3v) is 4.85. The molecule has 0 aliphatic rings. The van der Waals surface area contributed by atoms with E-state index < -0.39 is 0 Å². The highest BCUT2D eigenvalue weighted by atomic mass is 32.1. The molecule has 3 aromatic rings. The van der Waals surface area contributed by atoms with E-state index in [1.54, 1.807) is 23.5 Å². The molecular formula is C24H23N3O2S. The van der Waals surface area contributed by atoms with E-state index in [1.165, 1.54) is 0 Å². The highest BCUT2D eigenvalue weighted by Gasteiger charge is 2.07. The van der Waals surface area contributed by atoms with E-state index in [0.717, 1.165) is 16.0 Å². The van der Waals surface area contributed by atoms with Crippen molar-refractivity contribution in [2.75, 3.05) is 5.32 Å². The SMILES string of the molecule is CC(C)NC(=O)NCc1ccc(C(=O)Nc2cccc(C#Cc3cccs3)c2)cc1. The molecule has 2 aromatic carbocycles. The fraction of sp³-hybridized carbons (Fsp3) is 0.167. The van der Waals surface area contributed by atoms with E-state index in [0.29, 0.717) is 17.8 Å². The lowest BCUT2D eigenvalue weighted by molar-refractivity contribution is 0.102. The summed E-state index contributed by atoms with van der Waals surface area (Å²) in [6.07, 6.45) is 0. The summed E-state index contributed by atoms with van der Waals surface area (Å²) in [5.74, 6) is 6.02. The van der Waals surface area contributed by atoms with Crippen molar-refractivity contribution in [1.82, 2.24) is 10.6 Å². The van der Waals surface area contributed by atoms with Crippen LogP contribution < -0.4 is 16.0 Å². The normalized spacial score (nSPS) is 10.1. The van der Waals surface area contributed by atoms with Gasteiger partial charge in [-0.3, -0.25) is 4.79 Å². The van der Waals surface area contributed by atoms with Crippen LogP contribution in [0.2, 0.25) is 0 Å². The molecule has 0 aliphatic heterocycles. The third-order valence-electron chi connectivity index (χ3n) is 4.06. The number of urea groups is 1. The van der Waals surface area contributed by atoms with Crippen molar-refractivity contribution in [3.63, 3.8) is 0 Å². The van der Waals surface area contributed by atoms with E-state index >= 15 is 0 Å². The van der Waals surface area contributed by atoms with Crippen LogP contribution in [0, 0.1) is 11.8 Å². The maximum Gasteiger partial charge on any atom is 0.315 e. The summed E-state index contributed by atoms with van der Waals surface area (Å²) >= 11 is 1.59. The number of anilines is 1. The molecule has 0 aliphatic carbocycles. The number of carbonyl (C=O) groups excluding carboxylic acids is 2. The van der Waals surface area contributed by atoms with Gasteiger partial charge >= 0.3 is 6.03 Å². The molecule has 0 atom stereocenters. The molecule has 6 heteroatoms. The van der Waals surface area contributed by atoms with Crippen LogP contribution in [0.25, 0.3) is 0 Å². The monoisotopic (exact) mass is 417 g/mol. The van der Waals surface area contributed by atoms with Crippen LogP contribution in [0.4, 0.5) is 10.5 Å². The summed E-state index contributed by atoms with van der Waals surface area (Å²) in [6, 6.07) is 18.4. The van der Waals surface area contributed by atoms with Crippen molar-refractivity contribution >= 4 is 29.0 Å². The Bertz CT molecular complexity index is 1060. The van der Waals surface area contributed by atoms with Crippen molar-refractivity contribution < 1.29 is 9.59 Å². The average molecular weight is 418 g/mol. The van der Waals surface area contributed by atoms with Crippen LogP contribution >= 0.6 is 11.3 Å². The third kappa shape index (κ3) is 6.50. The molecule has 0 fully saturated rings. The van der Waals surface area contributed by atoms with Gasteiger partial charge in [0, 0.05) is 29.4 Å². The van der Waals surface area contributed by atoms with Gasteiger partial charge < -0.3 is 16.0 Å². The molecule has 3 amide bonds. The zero-order valence-electron chi connectivity index (χ0n) is 16.9. The van der Waals surface area contributed by atoms with Gasteiger partial charge in [0.05, 0.1) is 4.88 Å². The first-order chi connectivity index (χ1) is 14.5. The average Bonchev–Trinajstić information content (AvgIpc) is 3.25.